The molecule has 3 rings (SSSR count). The highest BCUT2D eigenvalue weighted by atomic mass is 35.5. The zero-order valence-corrected chi connectivity index (χ0v) is 14.6. The van der Waals surface area contributed by atoms with Crippen molar-refractivity contribution in [2.45, 2.75) is 6.42 Å². The Hall–Kier alpha value is -1.91. The summed E-state index contributed by atoms with van der Waals surface area (Å²) in [4.78, 5) is 4.93. The van der Waals surface area contributed by atoms with Gasteiger partial charge in [-0.25, -0.2) is 0 Å². The molecule has 2 aromatic rings. The number of para-hydroxylation sites is 1. The zero-order chi connectivity index (χ0) is 16.8. The van der Waals surface area contributed by atoms with Crippen LogP contribution in [0.2, 0.25) is 5.02 Å². The Morgan fingerprint density at radius 1 is 1.00 bits per heavy atom. The van der Waals surface area contributed by atoms with E-state index in [-0.39, 0.29) is 0 Å². The van der Waals surface area contributed by atoms with E-state index >= 15 is 0 Å². The maximum absolute atomic E-state index is 6.10. The summed E-state index contributed by atoms with van der Waals surface area (Å²) in [5, 5.41) is 0.612. The van der Waals surface area contributed by atoms with E-state index in [9.17, 15) is 0 Å². The van der Waals surface area contributed by atoms with E-state index in [0.29, 0.717) is 23.1 Å². The predicted octanol–water partition coefficient (Wildman–Crippen LogP) is 3.51. The van der Waals surface area contributed by atoms with Gasteiger partial charge in [-0.1, -0.05) is 29.8 Å². The largest absolute Gasteiger partial charge is 0.492 e. The number of piperazine rings is 1. The molecular formula is C19H24ClN3O. The lowest BCUT2D eigenvalue weighted by molar-refractivity contribution is 0.225. The molecule has 0 amide bonds. The number of nitrogens with zero attached hydrogens (tertiary/aromatic N) is 2. The highest BCUT2D eigenvalue weighted by molar-refractivity contribution is 6.32. The quantitative estimate of drug-likeness (QED) is 0.642. The number of hydrogen-bond acceptors (Lipinski definition) is 4. The molecule has 0 radical (unpaired) electrons. The van der Waals surface area contributed by atoms with Gasteiger partial charge in [0, 0.05) is 50.2 Å². The Bertz CT molecular complexity index is 642. The first-order valence-electron chi connectivity index (χ1n) is 8.42. The third-order valence-corrected chi connectivity index (χ3v) is 4.64. The maximum Gasteiger partial charge on any atom is 0.139 e. The number of halogens is 1. The van der Waals surface area contributed by atoms with Crippen LogP contribution in [0.15, 0.2) is 48.5 Å². The van der Waals surface area contributed by atoms with E-state index in [1.807, 2.05) is 0 Å². The monoisotopic (exact) mass is 345 g/mol. The molecule has 0 spiro atoms. The van der Waals surface area contributed by atoms with Crippen molar-refractivity contribution in [3.8, 4) is 5.75 Å². The molecule has 0 aliphatic carbocycles. The van der Waals surface area contributed by atoms with Crippen molar-refractivity contribution >= 4 is 23.0 Å². The topological polar surface area (TPSA) is 41.7 Å². The van der Waals surface area contributed by atoms with Gasteiger partial charge in [0.05, 0.1) is 11.6 Å². The van der Waals surface area contributed by atoms with Gasteiger partial charge in [0.2, 0.25) is 0 Å². The summed E-state index contributed by atoms with van der Waals surface area (Å²) in [5.41, 5.74) is 7.75. The molecule has 1 fully saturated rings. The van der Waals surface area contributed by atoms with Gasteiger partial charge in [0.25, 0.3) is 0 Å². The molecule has 128 valence electrons. The van der Waals surface area contributed by atoms with Crippen LogP contribution in [-0.2, 0) is 0 Å². The SMILES string of the molecule is Nc1ccc(Cl)c(OCCCN2CCN(c3ccccc3)CC2)c1. The van der Waals surface area contributed by atoms with E-state index < -0.39 is 0 Å². The Morgan fingerprint density at radius 3 is 2.50 bits per heavy atom. The van der Waals surface area contributed by atoms with Crippen LogP contribution in [0.4, 0.5) is 11.4 Å². The molecule has 0 aromatic heterocycles. The number of hydrogen-bond donors (Lipinski definition) is 1. The van der Waals surface area contributed by atoms with Crippen molar-refractivity contribution in [3.05, 3.63) is 53.6 Å². The molecule has 1 aliphatic rings. The third-order valence-electron chi connectivity index (χ3n) is 4.33. The van der Waals surface area contributed by atoms with Gasteiger partial charge in [0.15, 0.2) is 0 Å². The minimum absolute atomic E-state index is 0.612. The van der Waals surface area contributed by atoms with Crippen LogP contribution in [0.5, 0.6) is 5.75 Å². The van der Waals surface area contributed by atoms with Gasteiger partial charge < -0.3 is 15.4 Å². The molecule has 1 aliphatic heterocycles. The molecule has 0 atom stereocenters. The fraction of sp³-hybridized carbons (Fsp3) is 0.368. The van der Waals surface area contributed by atoms with Crippen molar-refractivity contribution in [2.24, 2.45) is 0 Å². The summed E-state index contributed by atoms with van der Waals surface area (Å²) in [6.07, 6.45) is 0.983. The normalized spacial score (nSPS) is 15.5. The highest BCUT2D eigenvalue weighted by Crippen LogP contribution is 2.26. The number of nitrogens with two attached hydrogens (primary N) is 1. The fourth-order valence-corrected chi connectivity index (χ4v) is 3.14. The first-order chi connectivity index (χ1) is 11.7. The minimum atomic E-state index is 0.612. The molecular weight excluding hydrogens is 322 g/mol. The van der Waals surface area contributed by atoms with Gasteiger partial charge in [-0.15, -0.1) is 0 Å². The fourth-order valence-electron chi connectivity index (χ4n) is 2.97. The lowest BCUT2D eigenvalue weighted by atomic mass is 10.2. The molecule has 5 heteroatoms. The Labute approximate surface area is 148 Å². The van der Waals surface area contributed by atoms with Crippen LogP contribution < -0.4 is 15.4 Å². The maximum atomic E-state index is 6.10. The van der Waals surface area contributed by atoms with E-state index in [1.165, 1.54) is 5.69 Å². The standard InChI is InChI=1S/C19H24ClN3O/c20-18-8-7-16(21)15-19(18)24-14-4-9-22-10-12-23(13-11-22)17-5-2-1-3-6-17/h1-3,5-8,15H,4,9-14,21H2. The Balaban J connectivity index is 1.37. The van der Waals surface area contributed by atoms with E-state index in [1.54, 1.807) is 18.2 Å². The van der Waals surface area contributed by atoms with Crippen molar-refractivity contribution in [2.75, 3.05) is 50.0 Å². The van der Waals surface area contributed by atoms with Crippen LogP contribution >= 0.6 is 11.6 Å². The van der Waals surface area contributed by atoms with Gasteiger partial charge >= 0.3 is 0 Å². The second kappa shape index (κ2) is 8.27. The highest BCUT2D eigenvalue weighted by Gasteiger charge is 2.16. The first-order valence-corrected chi connectivity index (χ1v) is 8.80. The average molecular weight is 346 g/mol. The average Bonchev–Trinajstić information content (AvgIpc) is 2.63. The van der Waals surface area contributed by atoms with E-state index in [2.05, 4.69) is 40.1 Å². The van der Waals surface area contributed by atoms with Crippen LogP contribution in [0.3, 0.4) is 0 Å². The number of ether oxygens (including phenoxy) is 1. The minimum Gasteiger partial charge on any atom is -0.492 e. The van der Waals surface area contributed by atoms with Crippen LogP contribution in [0, 0.1) is 0 Å². The lowest BCUT2D eigenvalue weighted by Gasteiger charge is -2.36. The molecule has 1 heterocycles. The van der Waals surface area contributed by atoms with E-state index in [0.717, 1.165) is 39.1 Å². The molecule has 2 aromatic carbocycles. The van der Waals surface area contributed by atoms with Crippen LogP contribution in [-0.4, -0.2) is 44.2 Å². The summed E-state index contributed by atoms with van der Waals surface area (Å²) < 4.78 is 5.75. The number of anilines is 2. The molecule has 1 saturated heterocycles. The van der Waals surface area contributed by atoms with Gasteiger partial charge in [-0.3, -0.25) is 4.90 Å². The summed E-state index contributed by atoms with van der Waals surface area (Å²) in [7, 11) is 0. The van der Waals surface area contributed by atoms with Gasteiger partial charge in [-0.05, 0) is 30.7 Å². The van der Waals surface area contributed by atoms with Crippen LogP contribution in [0.25, 0.3) is 0 Å². The predicted molar refractivity (Wildman–Crippen MR) is 101 cm³/mol. The molecule has 24 heavy (non-hydrogen) atoms. The molecule has 2 N–H and O–H groups in total. The second-order valence-electron chi connectivity index (χ2n) is 6.06. The summed E-state index contributed by atoms with van der Waals surface area (Å²) in [6.45, 7) is 6.03. The van der Waals surface area contributed by atoms with Crippen molar-refractivity contribution in [1.29, 1.82) is 0 Å². The van der Waals surface area contributed by atoms with Crippen LogP contribution in [0.1, 0.15) is 6.42 Å². The number of nitrogen functional groups attached to an aromatic ring is 1. The molecule has 0 unspecified atom stereocenters. The zero-order valence-electron chi connectivity index (χ0n) is 13.8. The van der Waals surface area contributed by atoms with Crippen molar-refractivity contribution in [3.63, 3.8) is 0 Å². The van der Waals surface area contributed by atoms with Crippen molar-refractivity contribution in [1.82, 2.24) is 4.90 Å². The third kappa shape index (κ3) is 4.56. The van der Waals surface area contributed by atoms with E-state index in [4.69, 9.17) is 22.1 Å². The first kappa shape index (κ1) is 16.9. The number of rotatable bonds is 6. The molecule has 0 saturated carbocycles. The summed E-state index contributed by atoms with van der Waals surface area (Å²) in [5.74, 6) is 0.672. The Morgan fingerprint density at radius 2 is 1.75 bits per heavy atom. The van der Waals surface area contributed by atoms with Gasteiger partial charge in [-0.2, -0.15) is 0 Å². The molecule has 4 nitrogen and oxygen atoms in total. The van der Waals surface area contributed by atoms with Crippen molar-refractivity contribution < 1.29 is 4.74 Å². The Kier molecular flexibility index (Phi) is 5.83. The summed E-state index contributed by atoms with van der Waals surface area (Å²) in [6, 6.07) is 15.9. The second-order valence-corrected chi connectivity index (χ2v) is 6.46. The smallest absolute Gasteiger partial charge is 0.139 e. The van der Waals surface area contributed by atoms with Gasteiger partial charge in [0.1, 0.15) is 5.75 Å². The molecule has 0 bridgehead atoms. The summed E-state index contributed by atoms with van der Waals surface area (Å²) >= 11 is 6.10. The lowest BCUT2D eigenvalue weighted by Crippen LogP contribution is -2.46. The number of benzene rings is 2.